The first kappa shape index (κ1) is 14.8. The van der Waals surface area contributed by atoms with Gasteiger partial charge in [0.05, 0.1) is 12.7 Å². The van der Waals surface area contributed by atoms with E-state index in [1.54, 1.807) is 0 Å². The van der Waals surface area contributed by atoms with Gasteiger partial charge in [0.1, 0.15) is 12.1 Å². The van der Waals surface area contributed by atoms with Gasteiger partial charge in [-0.15, -0.1) is 0 Å². The van der Waals surface area contributed by atoms with Gasteiger partial charge in [0, 0.05) is 6.07 Å². The zero-order valence-corrected chi connectivity index (χ0v) is 10.7. The standard InChI is InChI=1S/C13H9F3N2O3/c1-20-12(19)8-2-4-9(5-3-8)21-11-6-10(13(14,15)16)17-7-18-11/h2-7H,1H3. The minimum atomic E-state index is -4.57. The molecule has 1 aromatic heterocycles. The first-order valence-corrected chi connectivity index (χ1v) is 5.65. The van der Waals surface area contributed by atoms with Crippen molar-refractivity contribution in [1.82, 2.24) is 9.97 Å². The van der Waals surface area contributed by atoms with Crippen LogP contribution in [0.5, 0.6) is 11.6 Å². The van der Waals surface area contributed by atoms with Crippen molar-refractivity contribution in [3.05, 3.63) is 47.9 Å². The molecule has 2 rings (SSSR count). The van der Waals surface area contributed by atoms with Crippen LogP contribution in [0.2, 0.25) is 0 Å². The summed E-state index contributed by atoms with van der Waals surface area (Å²) in [5, 5.41) is 0. The second-order valence-corrected chi connectivity index (χ2v) is 3.86. The lowest BCUT2D eigenvalue weighted by Crippen LogP contribution is -2.08. The van der Waals surface area contributed by atoms with Gasteiger partial charge in [-0.2, -0.15) is 13.2 Å². The van der Waals surface area contributed by atoms with Gasteiger partial charge >= 0.3 is 12.1 Å². The van der Waals surface area contributed by atoms with E-state index >= 15 is 0 Å². The maximum Gasteiger partial charge on any atom is 0.433 e. The third-order valence-electron chi connectivity index (χ3n) is 2.43. The molecular weight excluding hydrogens is 289 g/mol. The predicted molar refractivity (Wildman–Crippen MR) is 64.9 cm³/mol. The van der Waals surface area contributed by atoms with Gasteiger partial charge in [0.25, 0.3) is 0 Å². The van der Waals surface area contributed by atoms with Gasteiger partial charge in [-0.3, -0.25) is 0 Å². The van der Waals surface area contributed by atoms with Crippen molar-refractivity contribution >= 4 is 5.97 Å². The van der Waals surface area contributed by atoms with Crippen LogP contribution in [0, 0.1) is 0 Å². The van der Waals surface area contributed by atoms with Crippen LogP contribution in [-0.2, 0) is 10.9 Å². The van der Waals surface area contributed by atoms with Crippen molar-refractivity contribution in [2.24, 2.45) is 0 Å². The fourth-order valence-corrected chi connectivity index (χ4v) is 1.45. The van der Waals surface area contributed by atoms with E-state index in [2.05, 4.69) is 14.7 Å². The highest BCUT2D eigenvalue weighted by Gasteiger charge is 2.33. The number of carbonyl (C=O) groups is 1. The second kappa shape index (κ2) is 5.78. The summed E-state index contributed by atoms with van der Waals surface area (Å²) in [4.78, 5) is 17.9. The van der Waals surface area contributed by atoms with Crippen molar-refractivity contribution in [2.45, 2.75) is 6.18 Å². The van der Waals surface area contributed by atoms with Gasteiger partial charge in [-0.05, 0) is 24.3 Å². The third-order valence-corrected chi connectivity index (χ3v) is 2.43. The summed E-state index contributed by atoms with van der Waals surface area (Å²) in [6, 6.07) is 6.37. The topological polar surface area (TPSA) is 61.3 Å². The summed E-state index contributed by atoms with van der Waals surface area (Å²) >= 11 is 0. The Kier molecular flexibility index (Phi) is 4.06. The number of hydrogen-bond donors (Lipinski definition) is 0. The molecular formula is C13H9F3N2O3. The summed E-state index contributed by atoms with van der Waals surface area (Å²) in [7, 11) is 1.24. The molecule has 0 atom stereocenters. The van der Waals surface area contributed by atoms with Crippen LogP contribution >= 0.6 is 0 Å². The molecule has 0 fully saturated rings. The molecule has 1 heterocycles. The van der Waals surface area contributed by atoms with Crippen LogP contribution in [-0.4, -0.2) is 23.0 Å². The number of carbonyl (C=O) groups excluding carboxylic acids is 1. The Morgan fingerprint density at radius 3 is 2.38 bits per heavy atom. The maximum atomic E-state index is 12.5. The molecule has 0 amide bonds. The number of halogens is 3. The fraction of sp³-hybridized carbons (Fsp3) is 0.154. The highest BCUT2D eigenvalue weighted by Crippen LogP contribution is 2.29. The van der Waals surface area contributed by atoms with Gasteiger partial charge in [0.2, 0.25) is 5.88 Å². The highest BCUT2D eigenvalue weighted by molar-refractivity contribution is 5.89. The molecule has 0 bridgehead atoms. The van der Waals surface area contributed by atoms with Gasteiger partial charge in [-0.25, -0.2) is 14.8 Å². The average Bonchev–Trinajstić information content (AvgIpc) is 2.47. The Bertz CT molecular complexity index is 642. The molecule has 0 spiro atoms. The molecule has 0 aliphatic heterocycles. The number of benzene rings is 1. The molecule has 21 heavy (non-hydrogen) atoms. The minimum Gasteiger partial charge on any atom is -0.465 e. The molecule has 0 saturated carbocycles. The smallest absolute Gasteiger partial charge is 0.433 e. The number of hydrogen-bond acceptors (Lipinski definition) is 5. The molecule has 0 radical (unpaired) electrons. The first-order chi connectivity index (χ1) is 9.90. The van der Waals surface area contributed by atoms with E-state index in [-0.39, 0.29) is 11.6 Å². The highest BCUT2D eigenvalue weighted by atomic mass is 19.4. The molecule has 5 nitrogen and oxygen atoms in total. The summed E-state index contributed by atoms with van der Waals surface area (Å²) in [6.07, 6.45) is -3.81. The van der Waals surface area contributed by atoms with Crippen LogP contribution in [0.3, 0.4) is 0 Å². The molecule has 1 aromatic carbocycles. The molecule has 0 N–H and O–H groups in total. The van der Waals surface area contributed by atoms with Crippen LogP contribution in [0.4, 0.5) is 13.2 Å². The zero-order chi connectivity index (χ0) is 15.5. The van der Waals surface area contributed by atoms with Crippen molar-refractivity contribution < 1.29 is 27.4 Å². The van der Waals surface area contributed by atoms with E-state index in [4.69, 9.17) is 4.74 Å². The minimum absolute atomic E-state index is 0.231. The average molecular weight is 298 g/mol. The van der Waals surface area contributed by atoms with Crippen LogP contribution in [0.25, 0.3) is 0 Å². The van der Waals surface area contributed by atoms with E-state index < -0.39 is 17.8 Å². The zero-order valence-electron chi connectivity index (χ0n) is 10.7. The van der Waals surface area contributed by atoms with Crippen molar-refractivity contribution in [3.8, 4) is 11.6 Å². The lowest BCUT2D eigenvalue weighted by atomic mass is 10.2. The van der Waals surface area contributed by atoms with Crippen LogP contribution in [0.15, 0.2) is 36.7 Å². The molecule has 110 valence electrons. The van der Waals surface area contributed by atoms with Crippen molar-refractivity contribution in [2.75, 3.05) is 7.11 Å². The first-order valence-electron chi connectivity index (χ1n) is 5.65. The van der Waals surface area contributed by atoms with E-state index in [9.17, 15) is 18.0 Å². The normalized spacial score (nSPS) is 11.0. The summed E-state index contributed by atoms with van der Waals surface area (Å²) in [5.74, 6) is -0.541. The largest absolute Gasteiger partial charge is 0.465 e. The summed E-state index contributed by atoms with van der Waals surface area (Å²) in [6.45, 7) is 0. The monoisotopic (exact) mass is 298 g/mol. The van der Waals surface area contributed by atoms with Gasteiger partial charge in [-0.1, -0.05) is 0 Å². The van der Waals surface area contributed by atoms with Crippen molar-refractivity contribution in [3.63, 3.8) is 0 Å². The van der Waals surface area contributed by atoms with E-state index in [0.717, 1.165) is 6.33 Å². The van der Waals surface area contributed by atoms with E-state index in [0.29, 0.717) is 11.6 Å². The van der Waals surface area contributed by atoms with Gasteiger partial charge < -0.3 is 9.47 Å². The maximum absolute atomic E-state index is 12.5. The van der Waals surface area contributed by atoms with Crippen molar-refractivity contribution in [1.29, 1.82) is 0 Å². The quantitative estimate of drug-likeness (QED) is 0.815. The number of methoxy groups -OCH3 is 1. The number of ether oxygens (including phenoxy) is 2. The fourth-order valence-electron chi connectivity index (χ4n) is 1.45. The second-order valence-electron chi connectivity index (χ2n) is 3.86. The van der Waals surface area contributed by atoms with E-state index in [1.165, 1.54) is 31.4 Å². The number of nitrogens with zero attached hydrogens (tertiary/aromatic N) is 2. The van der Waals surface area contributed by atoms with E-state index in [1.807, 2.05) is 0 Å². The Hall–Kier alpha value is -2.64. The molecule has 0 aliphatic carbocycles. The third kappa shape index (κ3) is 3.68. The molecule has 2 aromatic rings. The molecule has 8 heteroatoms. The summed E-state index contributed by atoms with van der Waals surface area (Å²) < 4.78 is 47.2. The number of aromatic nitrogens is 2. The number of alkyl halides is 3. The molecule has 0 unspecified atom stereocenters. The number of rotatable bonds is 3. The van der Waals surface area contributed by atoms with Gasteiger partial charge in [0.15, 0.2) is 5.69 Å². The lowest BCUT2D eigenvalue weighted by molar-refractivity contribution is -0.141. The Morgan fingerprint density at radius 1 is 1.14 bits per heavy atom. The van der Waals surface area contributed by atoms with Crippen LogP contribution in [0.1, 0.15) is 16.1 Å². The van der Waals surface area contributed by atoms with Crippen LogP contribution < -0.4 is 4.74 Å². The predicted octanol–water partition coefficient (Wildman–Crippen LogP) is 3.07. The Labute approximate surface area is 117 Å². The Morgan fingerprint density at radius 2 is 1.81 bits per heavy atom. The summed E-state index contributed by atoms with van der Waals surface area (Å²) in [5.41, 5.74) is -0.804. The number of esters is 1. The Balaban J connectivity index is 2.17. The molecule has 0 aliphatic rings. The lowest BCUT2D eigenvalue weighted by Gasteiger charge is -2.08. The SMILES string of the molecule is COC(=O)c1ccc(Oc2cc(C(F)(F)F)ncn2)cc1. The molecule has 0 saturated heterocycles.